The topological polar surface area (TPSA) is 93.0 Å². The van der Waals surface area contributed by atoms with Gasteiger partial charge in [0.1, 0.15) is 17.2 Å². The average molecular weight is 597 g/mol. The van der Waals surface area contributed by atoms with Crippen LogP contribution in [0.15, 0.2) is 36.7 Å². The summed E-state index contributed by atoms with van der Waals surface area (Å²) in [4.78, 5) is 20.4. The second-order valence-electron chi connectivity index (χ2n) is 11.7. The second kappa shape index (κ2) is 12.9. The maximum Gasteiger partial charge on any atom is 0.250 e. The van der Waals surface area contributed by atoms with Gasteiger partial charge in [0.05, 0.1) is 30.0 Å². The van der Waals surface area contributed by atoms with E-state index in [1.54, 1.807) is 6.20 Å². The minimum atomic E-state index is -2.36. The molecular weight excluding hydrogens is 557 g/mol. The van der Waals surface area contributed by atoms with Gasteiger partial charge in [0.25, 0.3) is 6.43 Å². The molecule has 0 amide bonds. The molecule has 2 N–H and O–H groups in total. The van der Waals surface area contributed by atoms with E-state index in [9.17, 15) is 8.78 Å². The van der Waals surface area contributed by atoms with Crippen molar-refractivity contribution in [1.29, 1.82) is 0 Å². The highest BCUT2D eigenvalue weighted by Gasteiger charge is 2.31. The number of rotatable bonds is 11. The van der Waals surface area contributed by atoms with Gasteiger partial charge in [-0.25, -0.2) is 33.1 Å². The molecule has 43 heavy (non-hydrogen) atoms. The lowest BCUT2D eigenvalue weighted by Gasteiger charge is -2.40. The number of imidazole rings is 1. The molecule has 1 saturated heterocycles. The normalized spacial score (nSPS) is 17.8. The van der Waals surface area contributed by atoms with Gasteiger partial charge >= 0.3 is 0 Å². The van der Waals surface area contributed by atoms with Crippen LogP contribution in [0.25, 0.3) is 22.3 Å². The summed E-state index contributed by atoms with van der Waals surface area (Å²) < 4.78 is 48.0. The Labute approximate surface area is 249 Å². The molecule has 9 nitrogen and oxygen atoms in total. The zero-order valence-corrected chi connectivity index (χ0v) is 25.3. The number of anilines is 2. The third-order valence-corrected chi connectivity index (χ3v) is 7.70. The number of nitrogens with one attached hydrogen (secondary N) is 2. The van der Waals surface area contributed by atoms with Crippen LogP contribution in [0, 0.1) is 19.7 Å². The van der Waals surface area contributed by atoms with E-state index in [1.807, 2.05) is 63.6 Å². The number of hydrogen-bond donors (Lipinski definition) is 2. The summed E-state index contributed by atoms with van der Waals surface area (Å²) in [5.41, 5.74) is 3.83. The summed E-state index contributed by atoms with van der Waals surface area (Å²) in [6.45, 7) is 12.8. The number of aryl methyl sites for hydroxylation is 2. The van der Waals surface area contributed by atoms with Crippen molar-refractivity contribution in [2.45, 2.75) is 65.7 Å². The Morgan fingerprint density at radius 3 is 2.63 bits per heavy atom. The lowest BCUT2D eigenvalue weighted by Crippen LogP contribution is -2.50. The van der Waals surface area contributed by atoms with Crippen molar-refractivity contribution < 1.29 is 17.9 Å². The molecule has 1 aliphatic heterocycles. The zero-order chi connectivity index (χ0) is 30.7. The minimum absolute atomic E-state index is 0.132. The third kappa shape index (κ3) is 7.31. The molecule has 230 valence electrons. The fourth-order valence-corrected chi connectivity index (χ4v) is 5.69. The van der Waals surface area contributed by atoms with E-state index in [-0.39, 0.29) is 18.4 Å². The number of morpholine rings is 1. The highest BCUT2D eigenvalue weighted by molar-refractivity contribution is 5.83. The highest BCUT2D eigenvalue weighted by Crippen LogP contribution is 2.31. The van der Waals surface area contributed by atoms with E-state index in [4.69, 9.17) is 9.72 Å². The summed E-state index contributed by atoms with van der Waals surface area (Å²) in [6.07, 6.45) is 1.82. The first-order valence-corrected chi connectivity index (χ1v) is 14.6. The lowest BCUT2D eigenvalue weighted by molar-refractivity contribution is -0.104. The predicted octanol–water partition coefficient (Wildman–Crippen LogP) is 5.80. The van der Waals surface area contributed by atoms with E-state index in [0.717, 1.165) is 29.0 Å². The molecule has 0 spiro atoms. The Hall–Kier alpha value is -3.61. The van der Waals surface area contributed by atoms with Crippen LogP contribution in [0.5, 0.6) is 0 Å². The maximum absolute atomic E-state index is 15.1. The van der Waals surface area contributed by atoms with Crippen LogP contribution in [0.2, 0.25) is 0 Å². The number of benzene rings is 1. The van der Waals surface area contributed by atoms with Crippen molar-refractivity contribution in [1.82, 2.24) is 34.7 Å². The van der Waals surface area contributed by atoms with Crippen LogP contribution < -0.4 is 10.6 Å². The summed E-state index contributed by atoms with van der Waals surface area (Å²) in [6, 6.07) is 7.41. The Morgan fingerprint density at radius 2 is 1.91 bits per heavy atom. The summed E-state index contributed by atoms with van der Waals surface area (Å²) in [5.74, 6) is 1.33. The molecular formula is C31H39F3N8O. The van der Waals surface area contributed by atoms with Crippen molar-refractivity contribution in [2.24, 2.45) is 0 Å². The number of alkyl halides is 2. The number of aromatic nitrogens is 5. The number of nitrogens with zero attached hydrogens (tertiary/aromatic N) is 6. The SMILES string of the molecule is Cc1cnc(Nc2ccc(CN3CCO[C@](C)(CCNCC(F)F)C3)cn2)nc1-c1cc(F)c2nc(C)n(C(C)C)c2c1. The molecule has 4 heterocycles. The lowest BCUT2D eigenvalue weighted by atomic mass is 9.99. The van der Waals surface area contributed by atoms with Gasteiger partial charge < -0.3 is 19.9 Å². The molecule has 1 aromatic carbocycles. The first kappa shape index (κ1) is 30.8. The van der Waals surface area contributed by atoms with Crippen molar-refractivity contribution in [2.75, 3.05) is 38.1 Å². The molecule has 5 rings (SSSR count). The van der Waals surface area contributed by atoms with E-state index < -0.39 is 12.0 Å². The third-order valence-electron chi connectivity index (χ3n) is 7.70. The number of pyridine rings is 1. The van der Waals surface area contributed by atoms with E-state index in [2.05, 4.69) is 30.5 Å². The average Bonchev–Trinajstić information content (AvgIpc) is 3.30. The molecule has 4 aromatic rings. The van der Waals surface area contributed by atoms with Gasteiger partial charge in [-0.1, -0.05) is 6.07 Å². The monoisotopic (exact) mass is 596 g/mol. The van der Waals surface area contributed by atoms with E-state index in [0.29, 0.717) is 61.2 Å². The fraction of sp³-hybridized carbons (Fsp3) is 0.484. The molecule has 3 aromatic heterocycles. The molecule has 0 aliphatic carbocycles. The van der Waals surface area contributed by atoms with Crippen molar-refractivity contribution in [3.05, 3.63) is 59.4 Å². The standard InChI is InChI=1S/C31H39F3N8O/c1-19(2)42-21(4)38-29-24(32)12-23(13-25(29)42)28-20(3)14-37-30(40-28)39-27-7-6-22(15-36-27)17-41-10-11-43-31(5,18-41)8-9-35-16-26(33)34/h6-7,12-15,19,26,35H,8-11,16-18H2,1-5H3,(H,36,37,39,40)/t31-/m1/s1. The molecule has 1 aliphatic rings. The molecule has 0 unspecified atom stereocenters. The van der Waals surface area contributed by atoms with Crippen LogP contribution in [0.1, 0.15) is 50.2 Å². The van der Waals surface area contributed by atoms with E-state index in [1.165, 1.54) is 6.07 Å². The Kier molecular flexibility index (Phi) is 9.28. The molecule has 1 fully saturated rings. The molecule has 12 heteroatoms. The van der Waals surface area contributed by atoms with Gasteiger partial charge in [-0.05, 0) is 76.9 Å². The molecule has 1 atom stereocenters. The van der Waals surface area contributed by atoms with Gasteiger partial charge in [0, 0.05) is 43.6 Å². The zero-order valence-electron chi connectivity index (χ0n) is 25.3. The minimum Gasteiger partial charge on any atom is -0.373 e. The van der Waals surface area contributed by atoms with Crippen LogP contribution in [0.4, 0.5) is 24.9 Å². The molecule has 0 bridgehead atoms. The van der Waals surface area contributed by atoms with Crippen LogP contribution in [0.3, 0.4) is 0 Å². The van der Waals surface area contributed by atoms with Crippen molar-refractivity contribution >= 4 is 22.8 Å². The number of halogens is 3. The van der Waals surface area contributed by atoms with Crippen LogP contribution in [-0.2, 0) is 11.3 Å². The van der Waals surface area contributed by atoms with Crippen LogP contribution in [-0.4, -0.2) is 74.2 Å². The first-order valence-electron chi connectivity index (χ1n) is 14.6. The molecule has 0 radical (unpaired) electrons. The van der Waals surface area contributed by atoms with Gasteiger partial charge in [0.15, 0.2) is 5.82 Å². The Bertz CT molecular complexity index is 1560. The smallest absolute Gasteiger partial charge is 0.250 e. The van der Waals surface area contributed by atoms with Gasteiger partial charge in [-0.3, -0.25) is 4.90 Å². The number of fused-ring (bicyclic) bond motifs is 1. The number of hydrogen-bond acceptors (Lipinski definition) is 8. The summed E-state index contributed by atoms with van der Waals surface area (Å²) in [5, 5.41) is 5.95. The number of ether oxygens (including phenoxy) is 1. The van der Waals surface area contributed by atoms with Gasteiger partial charge in [0.2, 0.25) is 5.95 Å². The van der Waals surface area contributed by atoms with Gasteiger partial charge in [-0.2, -0.15) is 0 Å². The largest absolute Gasteiger partial charge is 0.373 e. The summed E-state index contributed by atoms with van der Waals surface area (Å²) >= 11 is 0. The fourth-order valence-electron chi connectivity index (χ4n) is 5.69. The maximum atomic E-state index is 15.1. The summed E-state index contributed by atoms with van der Waals surface area (Å²) in [7, 11) is 0. The second-order valence-corrected chi connectivity index (χ2v) is 11.7. The van der Waals surface area contributed by atoms with Crippen molar-refractivity contribution in [3.63, 3.8) is 0 Å². The Balaban J connectivity index is 1.26. The molecule has 0 saturated carbocycles. The predicted molar refractivity (Wildman–Crippen MR) is 161 cm³/mol. The Morgan fingerprint density at radius 1 is 1.09 bits per heavy atom. The van der Waals surface area contributed by atoms with Crippen LogP contribution >= 0.6 is 0 Å². The first-order chi connectivity index (χ1) is 20.5. The highest BCUT2D eigenvalue weighted by atomic mass is 19.3. The van der Waals surface area contributed by atoms with Crippen molar-refractivity contribution in [3.8, 4) is 11.3 Å². The quantitative estimate of drug-likeness (QED) is 0.210. The van der Waals surface area contributed by atoms with Gasteiger partial charge in [-0.15, -0.1) is 0 Å². The van der Waals surface area contributed by atoms with E-state index >= 15 is 4.39 Å².